The lowest BCUT2D eigenvalue weighted by atomic mass is 9.83. The molecule has 1 aliphatic heterocycles. The van der Waals surface area contributed by atoms with E-state index in [9.17, 15) is 14.7 Å². The van der Waals surface area contributed by atoms with Gasteiger partial charge in [-0.15, -0.1) is 0 Å². The molecule has 2 aromatic carbocycles. The zero-order valence-electron chi connectivity index (χ0n) is 20.2. The number of aliphatic hydroxyl groups excluding tert-OH is 1. The van der Waals surface area contributed by atoms with Gasteiger partial charge >= 0.3 is 0 Å². The SMILES string of the molecule is CCCC(CCC)C1C(C(=O)c2ccc(OC)cc2)=C(O)C(=O)N1c1ccc(-c2ccon2)cc1. The molecule has 4 rings (SSSR count). The molecule has 1 amide bonds. The lowest BCUT2D eigenvalue weighted by Gasteiger charge is -2.33. The standard InChI is InChI=1S/C28H30N2O5/c1-4-6-19(7-5-2)25-24(26(31)20-10-14-22(34-3)15-11-20)27(32)28(33)30(25)21-12-8-18(9-13-21)23-16-17-35-29-23/h8-17,19,25,32H,4-7H2,1-3H3. The van der Waals surface area contributed by atoms with Crippen molar-refractivity contribution in [2.75, 3.05) is 12.0 Å². The summed E-state index contributed by atoms with van der Waals surface area (Å²) in [7, 11) is 1.56. The van der Waals surface area contributed by atoms with Gasteiger partial charge in [-0.3, -0.25) is 14.5 Å². The van der Waals surface area contributed by atoms with E-state index in [2.05, 4.69) is 19.0 Å². The Morgan fingerprint density at radius 1 is 1.06 bits per heavy atom. The third kappa shape index (κ3) is 4.71. The van der Waals surface area contributed by atoms with E-state index < -0.39 is 17.7 Å². The van der Waals surface area contributed by atoms with Gasteiger partial charge in [-0.25, -0.2) is 0 Å². The highest BCUT2D eigenvalue weighted by molar-refractivity contribution is 6.20. The number of carbonyl (C=O) groups excluding carboxylic acids is 2. The van der Waals surface area contributed by atoms with Gasteiger partial charge in [0.05, 0.1) is 18.7 Å². The number of nitrogens with zero attached hydrogens (tertiary/aromatic N) is 2. The van der Waals surface area contributed by atoms with Crippen LogP contribution in [0.4, 0.5) is 5.69 Å². The summed E-state index contributed by atoms with van der Waals surface area (Å²) >= 11 is 0. The fourth-order valence-electron chi connectivity index (χ4n) is 4.84. The maximum Gasteiger partial charge on any atom is 0.294 e. The molecule has 0 bridgehead atoms. The molecular weight excluding hydrogens is 444 g/mol. The minimum atomic E-state index is -0.560. The summed E-state index contributed by atoms with van der Waals surface area (Å²) in [5.41, 5.74) is 2.71. The summed E-state index contributed by atoms with van der Waals surface area (Å²) in [5.74, 6) is -0.734. The molecule has 0 radical (unpaired) electrons. The number of aliphatic hydroxyl groups is 1. The summed E-state index contributed by atoms with van der Waals surface area (Å²) < 4.78 is 10.1. The van der Waals surface area contributed by atoms with E-state index in [0.717, 1.165) is 31.2 Å². The van der Waals surface area contributed by atoms with Crippen molar-refractivity contribution in [3.05, 3.63) is 77.8 Å². The van der Waals surface area contributed by atoms with Crippen molar-refractivity contribution in [2.24, 2.45) is 5.92 Å². The molecule has 182 valence electrons. The Balaban J connectivity index is 1.76. The predicted octanol–water partition coefficient (Wildman–Crippen LogP) is 5.98. The first-order chi connectivity index (χ1) is 17.0. The lowest BCUT2D eigenvalue weighted by molar-refractivity contribution is -0.117. The number of amides is 1. The molecule has 0 fully saturated rings. The van der Waals surface area contributed by atoms with Crippen molar-refractivity contribution < 1.29 is 24.0 Å². The molecule has 0 saturated carbocycles. The topological polar surface area (TPSA) is 92.9 Å². The van der Waals surface area contributed by atoms with Crippen molar-refractivity contribution in [2.45, 2.75) is 45.6 Å². The van der Waals surface area contributed by atoms with Gasteiger partial charge in [0.15, 0.2) is 11.5 Å². The largest absolute Gasteiger partial charge is 0.503 e. The average Bonchev–Trinajstić information content (AvgIpc) is 3.51. The zero-order chi connectivity index (χ0) is 24.9. The number of hydrogen-bond donors (Lipinski definition) is 1. The summed E-state index contributed by atoms with van der Waals surface area (Å²) in [6, 6.07) is 15.3. The summed E-state index contributed by atoms with van der Waals surface area (Å²) in [5, 5.41) is 15.0. The van der Waals surface area contributed by atoms with Crippen LogP contribution < -0.4 is 9.64 Å². The molecule has 7 heteroatoms. The van der Waals surface area contributed by atoms with E-state index in [1.54, 1.807) is 42.3 Å². The number of methoxy groups -OCH3 is 1. The van der Waals surface area contributed by atoms with Gasteiger partial charge in [-0.2, -0.15) is 0 Å². The Morgan fingerprint density at radius 3 is 2.26 bits per heavy atom. The summed E-state index contributed by atoms with van der Waals surface area (Å²) in [6.45, 7) is 4.18. The molecule has 0 saturated heterocycles. The molecular formula is C28H30N2O5. The van der Waals surface area contributed by atoms with Crippen molar-refractivity contribution in [3.63, 3.8) is 0 Å². The second kappa shape index (κ2) is 10.6. The number of ketones is 1. The predicted molar refractivity (Wildman–Crippen MR) is 133 cm³/mol. The number of hydrogen-bond acceptors (Lipinski definition) is 6. The molecule has 1 aromatic heterocycles. The molecule has 0 spiro atoms. The second-order valence-corrected chi connectivity index (χ2v) is 8.71. The van der Waals surface area contributed by atoms with Gasteiger partial charge in [-0.05, 0) is 55.2 Å². The maximum atomic E-state index is 13.7. The number of aromatic nitrogens is 1. The molecule has 35 heavy (non-hydrogen) atoms. The van der Waals surface area contributed by atoms with Crippen LogP contribution in [0.15, 0.2) is 76.7 Å². The quantitative estimate of drug-likeness (QED) is 0.364. The smallest absolute Gasteiger partial charge is 0.294 e. The number of benzene rings is 2. The van der Waals surface area contributed by atoms with E-state index >= 15 is 0 Å². The molecule has 7 nitrogen and oxygen atoms in total. The molecule has 1 aliphatic rings. The van der Waals surface area contributed by atoms with Crippen LogP contribution in [-0.2, 0) is 4.79 Å². The summed E-state index contributed by atoms with van der Waals surface area (Å²) in [6.07, 6.45) is 4.96. The molecule has 2 heterocycles. The number of anilines is 1. The van der Waals surface area contributed by atoms with Gasteiger partial charge in [0.1, 0.15) is 17.7 Å². The number of Topliss-reactive ketones (excluding diaryl/α,β-unsaturated/α-hetero) is 1. The zero-order valence-corrected chi connectivity index (χ0v) is 20.2. The van der Waals surface area contributed by atoms with Crippen LogP contribution in [0.2, 0.25) is 0 Å². The van der Waals surface area contributed by atoms with E-state index in [1.807, 2.05) is 24.3 Å². The van der Waals surface area contributed by atoms with Crippen molar-refractivity contribution in [3.8, 4) is 17.0 Å². The lowest BCUT2D eigenvalue weighted by Crippen LogP contribution is -2.42. The molecule has 3 aromatic rings. The first-order valence-electron chi connectivity index (χ1n) is 12.0. The Morgan fingerprint density at radius 2 is 1.71 bits per heavy atom. The fourth-order valence-corrected chi connectivity index (χ4v) is 4.84. The van der Waals surface area contributed by atoms with Gasteiger partial charge in [0.2, 0.25) is 0 Å². The highest BCUT2D eigenvalue weighted by atomic mass is 16.5. The van der Waals surface area contributed by atoms with E-state index in [1.165, 1.54) is 6.26 Å². The van der Waals surface area contributed by atoms with Gasteiger partial charge in [0.25, 0.3) is 5.91 Å². The molecule has 1 unspecified atom stereocenters. The third-order valence-electron chi connectivity index (χ3n) is 6.49. The van der Waals surface area contributed by atoms with Crippen LogP contribution in [0.5, 0.6) is 5.75 Å². The highest BCUT2D eigenvalue weighted by Gasteiger charge is 2.46. The van der Waals surface area contributed by atoms with Gasteiger partial charge < -0.3 is 14.4 Å². The fraction of sp³-hybridized carbons (Fsp3) is 0.321. The normalized spacial score (nSPS) is 15.8. The van der Waals surface area contributed by atoms with Gasteiger partial charge in [0, 0.05) is 22.9 Å². The van der Waals surface area contributed by atoms with E-state index in [4.69, 9.17) is 9.26 Å². The monoisotopic (exact) mass is 474 g/mol. The van der Waals surface area contributed by atoms with Crippen LogP contribution in [0.25, 0.3) is 11.3 Å². The summed E-state index contributed by atoms with van der Waals surface area (Å²) in [4.78, 5) is 28.6. The number of carbonyl (C=O) groups is 2. The van der Waals surface area contributed by atoms with Crippen molar-refractivity contribution in [1.29, 1.82) is 0 Å². The highest BCUT2D eigenvalue weighted by Crippen LogP contribution is 2.39. The Kier molecular flexibility index (Phi) is 7.34. The molecule has 0 aliphatic carbocycles. The van der Waals surface area contributed by atoms with Crippen LogP contribution >= 0.6 is 0 Å². The third-order valence-corrected chi connectivity index (χ3v) is 6.49. The van der Waals surface area contributed by atoms with E-state index in [0.29, 0.717) is 22.7 Å². The van der Waals surface area contributed by atoms with Crippen LogP contribution in [0.3, 0.4) is 0 Å². The Labute approximate surface area is 205 Å². The average molecular weight is 475 g/mol. The number of rotatable bonds is 10. The first-order valence-corrected chi connectivity index (χ1v) is 12.0. The van der Waals surface area contributed by atoms with Crippen LogP contribution in [0.1, 0.15) is 49.9 Å². The molecule has 1 atom stereocenters. The first kappa shape index (κ1) is 24.3. The van der Waals surface area contributed by atoms with Crippen LogP contribution in [0, 0.1) is 5.92 Å². The van der Waals surface area contributed by atoms with Gasteiger partial charge in [-0.1, -0.05) is 44.0 Å². The number of ether oxygens (including phenoxy) is 1. The van der Waals surface area contributed by atoms with Crippen LogP contribution in [-0.4, -0.2) is 35.1 Å². The van der Waals surface area contributed by atoms with Crippen molar-refractivity contribution >= 4 is 17.4 Å². The molecule has 1 N–H and O–H groups in total. The maximum absolute atomic E-state index is 13.7. The Hall–Kier alpha value is -3.87. The van der Waals surface area contributed by atoms with E-state index in [-0.39, 0.29) is 17.3 Å². The minimum Gasteiger partial charge on any atom is -0.503 e. The second-order valence-electron chi connectivity index (χ2n) is 8.71. The van der Waals surface area contributed by atoms with Crippen molar-refractivity contribution in [1.82, 2.24) is 5.16 Å². The Bertz CT molecular complexity index is 1190. The minimum absolute atomic E-state index is 0.0195.